The van der Waals surface area contributed by atoms with Crippen LogP contribution in [0.25, 0.3) is 11.4 Å². The summed E-state index contributed by atoms with van der Waals surface area (Å²) in [6.07, 6.45) is 3.24. The standard InChI is InChI=1S/C16H21N3O3S/c1-4-5-6-15-17-16(18-22-15)14-9-7-13(8-10-14)11-23(20,21)19-12(2)3/h4,7-10,12,19H,1,5-6,11H2,2-3H3. The third kappa shape index (κ3) is 5.30. The van der Waals surface area contributed by atoms with E-state index in [0.717, 1.165) is 12.0 Å². The van der Waals surface area contributed by atoms with E-state index in [1.807, 2.05) is 0 Å². The average Bonchev–Trinajstić information content (AvgIpc) is 2.93. The monoisotopic (exact) mass is 335 g/mol. The van der Waals surface area contributed by atoms with Crippen LogP contribution in [0.5, 0.6) is 0 Å². The molecule has 7 heteroatoms. The Morgan fingerprint density at radius 1 is 1.30 bits per heavy atom. The normalized spacial score (nSPS) is 11.8. The van der Waals surface area contributed by atoms with E-state index >= 15 is 0 Å². The molecule has 23 heavy (non-hydrogen) atoms. The van der Waals surface area contributed by atoms with Crippen molar-refractivity contribution in [3.8, 4) is 11.4 Å². The molecule has 0 aliphatic heterocycles. The van der Waals surface area contributed by atoms with Crippen molar-refractivity contribution in [3.05, 3.63) is 48.4 Å². The van der Waals surface area contributed by atoms with Gasteiger partial charge in [-0.25, -0.2) is 13.1 Å². The quantitative estimate of drug-likeness (QED) is 0.750. The summed E-state index contributed by atoms with van der Waals surface area (Å²) < 4.78 is 31.5. The lowest BCUT2D eigenvalue weighted by Gasteiger charge is -2.09. The fourth-order valence-electron chi connectivity index (χ4n) is 2.07. The molecular weight excluding hydrogens is 314 g/mol. The Balaban J connectivity index is 2.07. The van der Waals surface area contributed by atoms with Gasteiger partial charge in [0.1, 0.15) is 0 Å². The van der Waals surface area contributed by atoms with E-state index in [1.165, 1.54) is 0 Å². The minimum absolute atomic E-state index is 0.0533. The second-order valence-corrected chi connectivity index (χ2v) is 7.32. The number of hydrogen-bond donors (Lipinski definition) is 1. The van der Waals surface area contributed by atoms with Crippen molar-refractivity contribution in [1.82, 2.24) is 14.9 Å². The van der Waals surface area contributed by atoms with E-state index in [4.69, 9.17) is 4.52 Å². The maximum atomic E-state index is 11.9. The van der Waals surface area contributed by atoms with Crippen molar-refractivity contribution in [2.45, 2.75) is 38.5 Å². The smallest absolute Gasteiger partial charge is 0.227 e. The average molecular weight is 335 g/mol. The van der Waals surface area contributed by atoms with Gasteiger partial charge in [-0.2, -0.15) is 4.98 Å². The number of allylic oxidation sites excluding steroid dienone is 1. The summed E-state index contributed by atoms with van der Waals surface area (Å²) in [7, 11) is -3.33. The highest BCUT2D eigenvalue weighted by Gasteiger charge is 2.13. The fourth-order valence-corrected chi connectivity index (χ4v) is 3.50. The summed E-state index contributed by atoms with van der Waals surface area (Å²) in [5.74, 6) is 1.01. The number of nitrogens with zero attached hydrogens (tertiary/aromatic N) is 2. The third-order valence-corrected chi connectivity index (χ3v) is 4.56. The summed E-state index contributed by atoms with van der Waals surface area (Å²) in [4.78, 5) is 4.31. The topological polar surface area (TPSA) is 85.1 Å². The molecule has 0 unspecified atom stereocenters. The zero-order valence-electron chi connectivity index (χ0n) is 13.3. The van der Waals surface area contributed by atoms with Gasteiger partial charge < -0.3 is 4.52 Å². The van der Waals surface area contributed by atoms with Crippen molar-refractivity contribution >= 4 is 10.0 Å². The van der Waals surface area contributed by atoms with Gasteiger partial charge in [-0.05, 0) is 25.8 Å². The molecular formula is C16H21N3O3S. The molecule has 0 amide bonds. The van der Waals surface area contributed by atoms with Crippen LogP contribution in [0, 0.1) is 0 Å². The zero-order chi connectivity index (χ0) is 16.9. The largest absolute Gasteiger partial charge is 0.339 e. The molecule has 0 saturated carbocycles. The molecule has 2 rings (SSSR count). The van der Waals surface area contributed by atoms with Crippen LogP contribution in [0.1, 0.15) is 31.7 Å². The molecule has 2 aromatic rings. The first-order chi connectivity index (χ1) is 10.9. The van der Waals surface area contributed by atoms with E-state index in [2.05, 4.69) is 21.4 Å². The summed E-state index contributed by atoms with van der Waals surface area (Å²) in [5.41, 5.74) is 1.49. The molecule has 1 aromatic heterocycles. The lowest BCUT2D eigenvalue weighted by molar-refractivity contribution is 0.379. The first-order valence-corrected chi connectivity index (χ1v) is 9.07. The molecule has 1 heterocycles. The Hall–Kier alpha value is -1.99. The Morgan fingerprint density at radius 3 is 2.61 bits per heavy atom. The molecule has 6 nitrogen and oxygen atoms in total. The van der Waals surface area contributed by atoms with Crippen LogP contribution in [-0.4, -0.2) is 24.6 Å². The molecule has 0 saturated heterocycles. The molecule has 0 atom stereocenters. The van der Waals surface area contributed by atoms with Crippen molar-refractivity contribution in [2.24, 2.45) is 0 Å². The molecule has 1 aromatic carbocycles. The number of benzene rings is 1. The molecule has 0 bridgehead atoms. The SMILES string of the molecule is C=CCCc1nc(-c2ccc(CS(=O)(=O)NC(C)C)cc2)no1. The van der Waals surface area contributed by atoms with Crippen molar-refractivity contribution < 1.29 is 12.9 Å². The van der Waals surface area contributed by atoms with E-state index in [0.29, 0.717) is 23.7 Å². The van der Waals surface area contributed by atoms with Gasteiger partial charge >= 0.3 is 0 Å². The third-order valence-electron chi connectivity index (χ3n) is 3.01. The lowest BCUT2D eigenvalue weighted by atomic mass is 10.1. The summed E-state index contributed by atoms with van der Waals surface area (Å²) in [6.45, 7) is 7.24. The number of nitrogens with one attached hydrogen (secondary N) is 1. The highest BCUT2D eigenvalue weighted by molar-refractivity contribution is 7.88. The summed E-state index contributed by atoms with van der Waals surface area (Å²) in [5, 5.41) is 3.93. The van der Waals surface area contributed by atoms with Crippen molar-refractivity contribution in [3.63, 3.8) is 0 Å². The van der Waals surface area contributed by atoms with Gasteiger partial charge in [-0.15, -0.1) is 6.58 Å². The number of hydrogen-bond acceptors (Lipinski definition) is 5. The predicted octanol–water partition coefficient (Wildman–Crippen LogP) is 2.68. The molecule has 0 spiro atoms. The minimum Gasteiger partial charge on any atom is -0.339 e. The van der Waals surface area contributed by atoms with Crippen molar-refractivity contribution in [2.75, 3.05) is 0 Å². The maximum Gasteiger partial charge on any atom is 0.227 e. The molecule has 0 aliphatic carbocycles. The first kappa shape index (κ1) is 17.4. The van der Waals surface area contributed by atoms with Crippen LogP contribution >= 0.6 is 0 Å². The van der Waals surface area contributed by atoms with Crippen LogP contribution in [-0.2, 0) is 22.2 Å². The predicted molar refractivity (Wildman–Crippen MR) is 89.1 cm³/mol. The van der Waals surface area contributed by atoms with E-state index in [-0.39, 0.29) is 11.8 Å². The molecule has 0 fully saturated rings. The van der Waals surface area contributed by atoms with Crippen molar-refractivity contribution in [1.29, 1.82) is 0 Å². The van der Waals surface area contributed by atoms with Gasteiger partial charge in [-0.3, -0.25) is 0 Å². The maximum absolute atomic E-state index is 11.9. The second-order valence-electron chi connectivity index (χ2n) is 5.57. The van der Waals surface area contributed by atoms with Crippen LogP contribution in [0.2, 0.25) is 0 Å². The summed E-state index contributed by atoms with van der Waals surface area (Å²) >= 11 is 0. The fraction of sp³-hybridized carbons (Fsp3) is 0.375. The molecule has 124 valence electrons. The number of aryl methyl sites for hydroxylation is 1. The van der Waals surface area contributed by atoms with Gasteiger partial charge in [0.15, 0.2) is 0 Å². The Labute approximate surface area is 136 Å². The highest BCUT2D eigenvalue weighted by atomic mass is 32.2. The van der Waals surface area contributed by atoms with E-state index < -0.39 is 10.0 Å². The number of rotatable bonds is 8. The zero-order valence-corrected chi connectivity index (χ0v) is 14.1. The lowest BCUT2D eigenvalue weighted by Crippen LogP contribution is -2.31. The van der Waals surface area contributed by atoms with Crippen LogP contribution < -0.4 is 4.72 Å². The van der Waals surface area contributed by atoms with Gasteiger partial charge in [0, 0.05) is 18.0 Å². The highest BCUT2D eigenvalue weighted by Crippen LogP contribution is 2.18. The van der Waals surface area contributed by atoms with Crippen LogP contribution in [0.4, 0.5) is 0 Å². The van der Waals surface area contributed by atoms with Gasteiger partial charge in [-0.1, -0.05) is 35.5 Å². The Kier molecular flexibility index (Phi) is 5.68. The summed E-state index contributed by atoms with van der Waals surface area (Å²) in [6, 6.07) is 6.99. The van der Waals surface area contributed by atoms with Crippen LogP contribution in [0.3, 0.4) is 0 Å². The molecule has 0 radical (unpaired) electrons. The van der Waals surface area contributed by atoms with Gasteiger partial charge in [0.05, 0.1) is 5.75 Å². The number of sulfonamides is 1. The van der Waals surface area contributed by atoms with E-state index in [9.17, 15) is 8.42 Å². The van der Waals surface area contributed by atoms with Gasteiger partial charge in [0.25, 0.3) is 0 Å². The molecule has 0 aliphatic rings. The Morgan fingerprint density at radius 2 is 2.00 bits per heavy atom. The molecule has 1 N–H and O–H groups in total. The van der Waals surface area contributed by atoms with E-state index in [1.54, 1.807) is 44.2 Å². The van der Waals surface area contributed by atoms with Crippen LogP contribution in [0.15, 0.2) is 41.4 Å². The second kappa shape index (κ2) is 7.52. The minimum atomic E-state index is -3.33. The van der Waals surface area contributed by atoms with Gasteiger partial charge in [0.2, 0.25) is 21.7 Å². The first-order valence-electron chi connectivity index (χ1n) is 7.42. The number of aromatic nitrogens is 2. The Bertz CT molecular complexity index is 749.